The van der Waals surface area contributed by atoms with Crippen molar-refractivity contribution in [2.75, 3.05) is 26.2 Å². The quantitative estimate of drug-likeness (QED) is 0.361. The third-order valence-electron chi connectivity index (χ3n) is 6.37. The first-order chi connectivity index (χ1) is 17.1. The van der Waals surface area contributed by atoms with Crippen LogP contribution < -0.4 is 0 Å². The molecule has 4 aromatic rings. The van der Waals surface area contributed by atoms with Gasteiger partial charge in [0.1, 0.15) is 0 Å². The molecule has 0 atom stereocenters. The molecular weight excluding hydrogens is 460 g/mol. The van der Waals surface area contributed by atoms with Crippen LogP contribution in [0.1, 0.15) is 27.9 Å². The first-order valence-corrected chi connectivity index (χ1v) is 12.2. The van der Waals surface area contributed by atoms with Crippen LogP contribution in [0.4, 0.5) is 0 Å². The summed E-state index contributed by atoms with van der Waals surface area (Å²) in [5.41, 5.74) is 4.69. The second-order valence-electron chi connectivity index (χ2n) is 8.85. The van der Waals surface area contributed by atoms with Gasteiger partial charge in [-0.2, -0.15) is 0 Å². The van der Waals surface area contributed by atoms with Crippen molar-refractivity contribution in [3.05, 3.63) is 94.5 Å². The number of aryl methyl sites for hydroxylation is 1. The minimum absolute atomic E-state index is 0.0519. The largest absolute Gasteiger partial charge is 0.416 e. The molecule has 3 aromatic carbocycles. The molecule has 1 amide bonds. The number of hydrogen-bond donors (Lipinski definition) is 0. The molecular formula is C28H27ClN4O2. The first kappa shape index (κ1) is 23.3. The Morgan fingerprint density at radius 2 is 1.63 bits per heavy atom. The van der Waals surface area contributed by atoms with Crippen molar-refractivity contribution in [3.8, 4) is 22.9 Å². The molecule has 0 bridgehead atoms. The van der Waals surface area contributed by atoms with Gasteiger partial charge in [-0.1, -0.05) is 41.9 Å². The van der Waals surface area contributed by atoms with Crippen LogP contribution >= 0.6 is 11.6 Å². The second-order valence-corrected chi connectivity index (χ2v) is 9.29. The van der Waals surface area contributed by atoms with Gasteiger partial charge in [-0.05, 0) is 66.9 Å². The molecule has 0 spiro atoms. The molecule has 1 aliphatic heterocycles. The lowest BCUT2D eigenvalue weighted by Crippen LogP contribution is -2.35. The van der Waals surface area contributed by atoms with E-state index < -0.39 is 0 Å². The van der Waals surface area contributed by atoms with Gasteiger partial charge in [0.05, 0.1) is 0 Å². The van der Waals surface area contributed by atoms with Crippen LogP contribution in [-0.2, 0) is 6.54 Å². The van der Waals surface area contributed by atoms with Gasteiger partial charge in [0.15, 0.2) is 0 Å². The Morgan fingerprint density at radius 1 is 0.886 bits per heavy atom. The van der Waals surface area contributed by atoms with Gasteiger partial charge in [-0.25, -0.2) is 0 Å². The Kier molecular flexibility index (Phi) is 6.93. The number of halogens is 1. The second kappa shape index (κ2) is 10.4. The maximum absolute atomic E-state index is 13.2. The Balaban J connectivity index is 1.22. The molecule has 0 N–H and O–H groups in total. The van der Waals surface area contributed by atoms with Crippen molar-refractivity contribution in [2.24, 2.45) is 0 Å². The Bertz CT molecular complexity index is 1300. The third kappa shape index (κ3) is 5.45. The molecule has 0 unspecified atom stereocenters. The summed E-state index contributed by atoms with van der Waals surface area (Å²) in [6, 6.07) is 23.3. The summed E-state index contributed by atoms with van der Waals surface area (Å²) in [5, 5.41) is 9.15. The average molecular weight is 487 g/mol. The van der Waals surface area contributed by atoms with Crippen molar-refractivity contribution < 1.29 is 9.21 Å². The summed E-state index contributed by atoms with van der Waals surface area (Å²) in [7, 11) is 0. The van der Waals surface area contributed by atoms with Gasteiger partial charge >= 0.3 is 0 Å². The number of hydrogen-bond acceptors (Lipinski definition) is 5. The van der Waals surface area contributed by atoms with E-state index in [1.165, 1.54) is 5.56 Å². The SMILES string of the molecule is Cc1ccccc1-c1nnc(-c2ccc(C(=O)N3CCCN(Cc4ccc(Cl)cc4)CC3)cc2)o1. The van der Waals surface area contributed by atoms with Crippen LogP contribution in [0.2, 0.25) is 5.02 Å². The van der Waals surface area contributed by atoms with Gasteiger partial charge < -0.3 is 9.32 Å². The normalized spacial score (nSPS) is 14.6. The minimum atomic E-state index is 0.0519. The van der Waals surface area contributed by atoms with E-state index in [1.807, 2.05) is 72.5 Å². The van der Waals surface area contributed by atoms with Crippen molar-refractivity contribution in [2.45, 2.75) is 19.9 Å². The Morgan fingerprint density at radius 3 is 2.40 bits per heavy atom. The predicted molar refractivity (Wildman–Crippen MR) is 137 cm³/mol. The number of carbonyl (C=O) groups is 1. The van der Waals surface area contributed by atoms with Crippen LogP contribution in [0.3, 0.4) is 0 Å². The zero-order valence-corrected chi connectivity index (χ0v) is 20.4. The van der Waals surface area contributed by atoms with Gasteiger partial charge in [-0.3, -0.25) is 9.69 Å². The number of rotatable bonds is 5. The van der Waals surface area contributed by atoms with E-state index in [2.05, 4.69) is 27.2 Å². The van der Waals surface area contributed by atoms with Crippen LogP contribution in [0.25, 0.3) is 22.9 Å². The van der Waals surface area contributed by atoms with E-state index in [-0.39, 0.29) is 5.91 Å². The lowest BCUT2D eigenvalue weighted by Gasteiger charge is -2.22. The molecule has 1 aliphatic rings. The molecule has 5 rings (SSSR count). The van der Waals surface area contributed by atoms with E-state index in [0.29, 0.717) is 23.9 Å². The van der Waals surface area contributed by atoms with Crippen molar-refractivity contribution in [1.29, 1.82) is 0 Å². The number of aromatic nitrogens is 2. The molecule has 178 valence electrons. The number of nitrogens with zero attached hydrogens (tertiary/aromatic N) is 4. The first-order valence-electron chi connectivity index (χ1n) is 11.8. The fraction of sp³-hybridized carbons (Fsp3) is 0.250. The van der Waals surface area contributed by atoms with Crippen molar-refractivity contribution in [3.63, 3.8) is 0 Å². The monoisotopic (exact) mass is 486 g/mol. The highest BCUT2D eigenvalue weighted by Gasteiger charge is 2.21. The van der Waals surface area contributed by atoms with Crippen molar-refractivity contribution >= 4 is 17.5 Å². The van der Waals surface area contributed by atoms with Gasteiger partial charge in [0.25, 0.3) is 5.91 Å². The average Bonchev–Trinajstić information content (AvgIpc) is 3.25. The molecule has 1 saturated heterocycles. The Labute approximate surface area is 210 Å². The van der Waals surface area contributed by atoms with E-state index in [4.69, 9.17) is 16.0 Å². The fourth-order valence-corrected chi connectivity index (χ4v) is 4.51. The lowest BCUT2D eigenvalue weighted by atomic mass is 10.1. The summed E-state index contributed by atoms with van der Waals surface area (Å²) < 4.78 is 5.91. The minimum Gasteiger partial charge on any atom is -0.416 e. The molecule has 7 heteroatoms. The van der Waals surface area contributed by atoms with Crippen molar-refractivity contribution in [1.82, 2.24) is 20.0 Å². The van der Waals surface area contributed by atoms with E-state index >= 15 is 0 Å². The maximum atomic E-state index is 13.2. The van der Waals surface area contributed by atoms with Gasteiger partial charge in [0.2, 0.25) is 11.8 Å². The summed E-state index contributed by atoms with van der Waals surface area (Å²) in [6.07, 6.45) is 0.946. The molecule has 2 heterocycles. The predicted octanol–water partition coefficient (Wildman–Crippen LogP) is 5.71. The maximum Gasteiger partial charge on any atom is 0.253 e. The standard InChI is InChI=1S/C28H27ClN4O2/c1-20-5-2-3-6-25(20)27-31-30-26(35-27)22-9-11-23(12-10-22)28(34)33-16-4-15-32(17-18-33)19-21-7-13-24(29)14-8-21/h2-3,5-14H,4,15-19H2,1H3. The smallest absolute Gasteiger partial charge is 0.253 e. The third-order valence-corrected chi connectivity index (χ3v) is 6.63. The molecule has 0 aliphatic carbocycles. The summed E-state index contributed by atoms with van der Waals surface area (Å²) in [4.78, 5) is 17.5. The summed E-state index contributed by atoms with van der Waals surface area (Å²) in [6.45, 7) is 6.14. The molecule has 6 nitrogen and oxygen atoms in total. The van der Waals surface area contributed by atoms with Crippen LogP contribution in [0, 0.1) is 6.92 Å². The molecule has 35 heavy (non-hydrogen) atoms. The van der Waals surface area contributed by atoms with Gasteiger partial charge in [-0.15, -0.1) is 10.2 Å². The number of carbonyl (C=O) groups excluding carboxylic acids is 1. The lowest BCUT2D eigenvalue weighted by molar-refractivity contribution is 0.0761. The van der Waals surface area contributed by atoms with Gasteiger partial charge in [0, 0.05) is 54.4 Å². The fourth-order valence-electron chi connectivity index (χ4n) is 4.38. The molecule has 0 radical (unpaired) electrons. The zero-order chi connectivity index (χ0) is 24.2. The summed E-state index contributed by atoms with van der Waals surface area (Å²) >= 11 is 6.00. The van der Waals surface area contributed by atoms with Crippen LogP contribution in [0.15, 0.2) is 77.2 Å². The molecule has 0 saturated carbocycles. The highest BCUT2D eigenvalue weighted by Crippen LogP contribution is 2.26. The van der Waals surface area contributed by atoms with E-state index in [9.17, 15) is 4.79 Å². The topological polar surface area (TPSA) is 62.5 Å². The van der Waals surface area contributed by atoms with E-state index in [1.54, 1.807) is 0 Å². The molecule has 1 fully saturated rings. The summed E-state index contributed by atoms with van der Waals surface area (Å²) in [5.74, 6) is 0.983. The number of amides is 1. The van der Waals surface area contributed by atoms with E-state index in [0.717, 1.165) is 54.3 Å². The molecule has 1 aromatic heterocycles. The van der Waals surface area contributed by atoms with Crippen LogP contribution in [-0.4, -0.2) is 52.1 Å². The highest BCUT2D eigenvalue weighted by molar-refractivity contribution is 6.30. The highest BCUT2D eigenvalue weighted by atomic mass is 35.5. The zero-order valence-electron chi connectivity index (χ0n) is 19.7. The Hall–Kier alpha value is -3.48. The van der Waals surface area contributed by atoms with Crippen LogP contribution in [0.5, 0.6) is 0 Å². The number of benzene rings is 3.